The van der Waals surface area contributed by atoms with Crippen LogP contribution in [0.3, 0.4) is 0 Å². The van der Waals surface area contributed by atoms with E-state index in [-0.39, 0.29) is 0 Å². The lowest BCUT2D eigenvalue weighted by atomic mass is 10.1. The van der Waals surface area contributed by atoms with Gasteiger partial charge in [-0.1, -0.05) is 22.8 Å². The van der Waals surface area contributed by atoms with Crippen molar-refractivity contribution in [2.75, 3.05) is 13.1 Å². The van der Waals surface area contributed by atoms with Crippen molar-refractivity contribution in [3.05, 3.63) is 41.3 Å². The van der Waals surface area contributed by atoms with E-state index in [1.807, 2.05) is 24.3 Å². The molecule has 0 radical (unpaired) electrons. The maximum Gasteiger partial charge on any atom is 0.255 e. The first kappa shape index (κ1) is 11.4. The zero-order chi connectivity index (χ0) is 12.4. The van der Waals surface area contributed by atoms with Gasteiger partial charge in [0.15, 0.2) is 0 Å². The molecule has 3 rings (SSSR count). The normalized spacial score (nSPS) is 15.5. The van der Waals surface area contributed by atoms with Crippen LogP contribution in [-0.2, 0) is 0 Å². The van der Waals surface area contributed by atoms with Gasteiger partial charge in [-0.15, -0.1) is 0 Å². The van der Waals surface area contributed by atoms with Gasteiger partial charge in [-0.25, -0.2) is 0 Å². The van der Waals surface area contributed by atoms with E-state index in [1.54, 1.807) is 0 Å². The van der Waals surface area contributed by atoms with Gasteiger partial charge in [0.2, 0.25) is 5.82 Å². The second-order valence-corrected chi connectivity index (χ2v) is 4.56. The SMILES string of the molecule is Clc1ccc(-c2noc(C3=CCCNC3)n2)cc1. The third-order valence-electron chi connectivity index (χ3n) is 2.83. The molecule has 4 nitrogen and oxygen atoms in total. The summed E-state index contributed by atoms with van der Waals surface area (Å²) in [4.78, 5) is 4.40. The van der Waals surface area contributed by atoms with Crippen LogP contribution in [0.15, 0.2) is 34.9 Å². The zero-order valence-electron chi connectivity index (χ0n) is 9.69. The van der Waals surface area contributed by atoms with Gasteiger partial charge in [-0.3, -0.25) is 0 Å². The van der Waals surface area contributed by atoms with Crippen LogP contribution in [0, 0.1) is 0 Å². The highest BCUT2D eigenvalue weighted by atomic mass is 35.5. The molecule has 2 heterocycles. The van der Waals surface area contributed by atoms with Crippen LogP contribution >= 0.6 is 11.6 Å². The fraction of sp³-hybridized carbons (Fsp3) is 0.231. The Kier molecular flexibility index (Phi) is 3.13. The molecule has 5 heteroatoms. The number of hydrogen-bond donors (Lipinski definition) is 1. The Balaban J connectivity index is 1.89. The number of rotatable bonds is 2. The van der Waals surface area contributed by atoms with E-state index in [4.69, 9.17) is 16.1 Å². The summed E-state index contributed by atoms with van der Waals surface area (Å²) >= 11 is 5.84. The van der Waals surface area contributed by atoms with E-state index in [2.05, 4.69) is 21.5 Å². The summed E-state index contributed by atoms with van der Waals surface area (Å²) in [6, 6.07) is 7.39. The minimum Gasteiger partial charge on any atom is -0.334 e. The van der Waals surface area contributed by atoms with Crippen LogP contribution in [0.1, 0.15) is 12.3 Å². The molecule has 0 saturated carbocycles. The molecule has 1 aromatic carbocycles. The van der Waals surface area contributed by atoms with Gasteiger partial charge in [-0.2, -0.15) is 4.98 Å². The molecule has 1 N–H and O–H groups in total. The first-order chi connectivity index (χ1) is 8.83. The van der Waals surface area contributed by atoms with E-state index >= 15 is 0 Å². The monoisotopic (exact) mass is 261 g/mol. The highest BCUT2D eigenvalue weighted by Gasteiger charge is 2.14. The number of aromatic nitrogens is 2. The lowest BCUT2D eigenvalue weighted by Gasteiger charge is -2.09. The van der Waals surface area contributed by atoms with E-state index < -0.39 is 0 Å². The highest BCUT2D eigenvalue weighted by molar-refractivity contribution is 6.30. The molecular formula is C13H12ClN3O. The van der Waals surface area contributed by atoms with Gasteiger partial charge in [0, 0.05) is 22.7 Å². The molecule has 0 amide bonds. The quantitative estimate of drug-likeness (QED) is 0.903. The fourth-order valence-corrected chi connectivity index (χ4v) is 2.00. The first-order valence-electron chi connectivity index (χ1n) is 5.83. The Morgan fingerprint density at radius 2 is 2.06 bits per heavy atom. The van der Waals surface area contributed by atoms with Crippen molar-refractivity contribution < 1.29 is 4.52 Å². The summed E-state index contributed by atoms with van der Waals surface area (Å²) in [5, 5.41) is 7.97. The summed E-state index contributed by atoms with van der Waals surface area (Å²) in [5.74, 6) is 1.18. The molecule has 18 heavy (non-hydrogen) atoms. The molecule has 0 spiro atoms. The molecule has 1 aliphatic rings. The van der Waals surface area contributed by atoms with E-state index in [0.717, 1.165) is 30.6 Å². The number of benzene rings is 1. The summed E-state index contributed by atoms with van der Waals surface area (Å²) in [5.41, 5.74) is 1.97. The number of hydrogen-bond acceptors (Lipinski definition) is 4. The zero-order valence-corrected chi connectivity index (χ0v) is 10.4. The molecule has 2 aromatic rings. The smallest absolute Gasteiger partial charge is 0.255 e. The molecule has 0 atom stereocenters. The average molecular weight is 262 g/mol. The van der Waals surface area contributed by atoms with Gasteiger partial charge in [0.05, 0.1) is 0 Å². The van der Waals surface area contributed by atoms with Crippen LogP contribution in [0.4, 0.5) is 0 Å². The third kappa shape index (κ3) is 2.30. The minimum absolute atomic E-state index is 0.590. The van der Waals surface area contributed by atoms with Crippen LogP contribution in [0.2, 0.25) is 5.02 Å². The van der Waals surface area contributed by atoms with Crippen molar-refractivity contribution in [1.29, 1.82) is 0 Å². The number of nitrogens with one attached hydrogen (secondary N) is 1. The third-order valence-corrected chi connectivity index (χ3v) is 3.08. The Hall–Kier alpha value is -1.65. The van der Waals surface area contributed by atoms with Crippen LogP contribution < -0.4 is 5.32 Å². The van der Waals surface area contributed by atoms with Gasteiger partial charge < -0.3 is 9.84 Å². The second kappa shape index (κ2) is 4.92. The van der Waals surface area contributed by atoms with Gasteiger partial charge >= 0.3 is 0 Å². The van der Waals surface area contributed by atoms with Crippen molar-refractivity contribution >= 4 is 17.2 Å². The second-order valence-electron chi connectivity index (χ2n) is 4.12. The van der Waals surface area contributed by atoms with Crippen molar-refractivity contribution in [1.82, 2.24) is 15.5 Å². The van der Waals surface area contributed by atoms with Crippen molar-refractivity contribution in [3.63, 3.8) is 0 Å². The van der Waals surface area contributed by atoms with Crippen LogP contribution in [0.25, 0.3) is 17.0 Å². The lowest BCUT2D eigenvalue weighted by Crippen LogP contribution is -2.21. The largest absolute Gasteiger partial charge is 0.334 e. The minimum atomic E-state index is 0.590. The molecule has 92 valence electrons. The maximum atomic E-state index is 5.84. The van der Waals surface area contributed by atoms with E-state index in [9.17, 15) is 0 Å². The Bertz CT molecular complexity index is 574. The van der Waals surface area contributed by atoms with Crippen LogP contribution in [0.5, 0.6) is 0 Å². The van der Waals surface area contributed by atoms with E-state index in [0.29, 0.717) is 16.7 Å². The predicted octanol–water partition coefficient (Wildman–Crippen LogP) is 2.77. The molecule has 0 unspecified atom stereocenters. The average Bonchev–Trinajstić information content (AvgIpc) is 2.90. The molecule has 1 aliphatic heterocycles. The fourth-order valence-electron chi connectivity index (χ4n) is 1.88. The first-order valence-corrected chi connectivity index (χ1v) is 6.20. The predicted molar refractivity (Wildman–Crippen MR) is 70.2 cm³/mol. The molecule has 0 bridgehead atoms. The summed E-state index contributed by atoms with van der Waals surface area (Å²) in [7, 11) is 0. The standard InChI is InChI=1S/C13H12ClN3O/c14-11-5-3-9(4-6-11)12-16-13(18-17-12)10-2-1-7-15-8-10/h2-6,15H,1,7-8H2. The molecule has 0 fully saturated rings. The van der Waals surface area contributed by atoms with Gasteiger partial charge in [0.25, 0.3) is 5.89 Å². The van der Waals surface area contributed by atoms with E-state index in [1.165, 1.54) is 0 Å². The summed E-state index contributed by atoms with van der Waals surface area (Å²) in [6.45, 7) is 1.78. The summed E-state index contributed by atoms with van der Waals surface area (Å²) < 4.78 is 5.29. The van der Waals surface area contributed by atoms with Crippen LogP contribution in [-0.4, -0.2) is 23.2 Å². The van der Waals surface area contributed by atoms with Crippen molar-refractivity contribution in [3.8, 4) is 11.4 Å². The number of halogens is 1. The Morgan fingerprint density at radius 3 is 2.78 bits per heavy atom. The topological polar surface area (TPSA) is 51.0 Å². The lowest BCUT2D eigenvalue weighted by molar-refractivity contribution is 0.406. The van der Waals surface area contributed by atoms with Crippen molar-refractivity contribution in [2.24, 2.45) is 0 Å². The highest BCUT2D eigenvalue weighted by Crippen LogP contribution is 2.21. The van der Waals surface area contributed by atoms with Gasteiger partial charge in [-0.05, 0) is 37.2 Å². The number of nitrogens with zero attached hydrogens (tertiary/aromatic N) is 2. The van der Waals surface area contributed by atoms with Gasteiger partial charge in [0.1, 0.15) is 0 Å². The summed E-state index contributed by atoms with van der Waals surface area (Å²) in [6.07, 6.45) is 3.13. The van der Waals surface area contributed by atoms with Crippen molar-refractivity contribution in [2.45, 2.75) is 6.42 Å². The Labute approximate surface area is 110 Å². The molecule has 0 aliphatic carbocycles. The molecular weight excluding hydrogens is 250 g/mol. The maximum absolute atomic E-state index is 5.84. The Morgan fingerprint density at radius 1 is 1.22 bits per heavy atom. The molecule has 0 saturated heterocycles. The molecule has 1 aromatic heterocycles.